The number of aryl methyl sites for hydroxylation is 1. The zero-order valence-corrected chi connectivity index (χ0v) is 9.95. The fourth-order valence-electron chi connectivity index (χ4n) is 1.40. The van der Waals surface area contributed by atoms with Gasteiger partial charge in [-0.1, -0.05) is 6.08 Å². The van der Waals surface area contributed by atoms with E-state index < -0.39 is 0 Å². The SMILES string of the molecule is C=CCN(C(=O)c1n[nH]c(C)c1N)C(C)C. The van der Waals surface area contributed by atoms with E-state index >= 15 is 0 Å². The topological polar surface area (TPSA) is 75.0 Å². The molecular weight excluding hydrogens is 204 g/mol. The van der Waals surface area contributed by atoms with E-state index in [1.165, 1.54) is 0 Å². The lowest BCUT2D eigenvalue weighted by molar-refractivity contribution is 0.0724. The van der Waals surface area contributed by atoms with Crippen LogP contribution in [-0.2, 0) is 0 Å². The summed E-state index contributed by atoms with van der Waals surface area (Å²) in [6.07, 6.45) is 1.69. The molecule has 0 aromatic carbocycles. The summed E-state index contributed by atoms with van der Waals surface area (Å²) in [5, 5.41) is 6.63. The second-order valence-electron chi connectivity index (χ2n) is 3.95. The minimum Gasteiger partial charge on any atom is -0.395 e. The van der Waals surface area contributed by atoms with E-state index in [1.54, 1.807) is 17.9 Å². The maximum atomic E-state index is 12.1. The fourth-order valence-corrected chi connectivity index (χ4v) is 1.40. The van der Waals surface area contributed by atoms with E-state index in [0.717, 1.165) is 0 Å². The monoisotopic (exact) mass is 222 g/mol. The van der Waals surface area contributed by atoms with Crippen LogP contribution in [0, 0.1) is 6.92 Å². The normalized spacial score (nSPS) is 10.5. The molecule has 0 saturated heterocycles. The summed E-state index contributed by atoms with van der Waals surface area (Å²) in [7, 11) is 0. The molecule has 16 heavy (non-hydrogen) atoms. The highest BCUT2D eigenvalue weighted by Crippen LogP contribution is 2.16. The molecule has 0 radical (unpaired) electrons. The number of hydrogen-bond acceptors (Lipinski definition) is 3. The molecule has 5 heteroatoms. The number of amides is 1. The lowest BCUT2D eigenvalue weighted by Crippen LogP contribution is -2.37. The standard InChI is InChI=1S/C11H18N4O/c1-5-6-15(7(2)3)11(16)10-9(12)8(4)13-14-10/h5,7H,1,6,12H2,2-4H3,(H,13,14). The highest BCUT2D eigenvalue weighted by atomic mass is 16.2. The number of aromatic amines is 1. The number of nitrogens with one attached hydrogen (secondary N) is 1. The molecule has 0 aliphatic carbocycles. The Balaban J connectivity index is 2.99. The average molecular weight is 222 g/mol. The molecule has 0 fully saturated rings. The first-order valence-corrected chi connectivity index (χ1v) is 5.21. The Labute approximate surface area is 95.3 Å². The van der Waals surface area contributed by atoms with Crippen LogP contribution in [0.15, 0.2) is 12.7 Å². The molecule has 1 rings (SSSR count). The Morgan fingerprint density at radius 1 is 1.69 bits per heavy atom. The van der Waals surface area contributed by atoms with E-state index in [2.05, 4.69) is 16.8 Å². The molecule has 0 aliphatic heterocycles. The summed E-state index contributed by atoms with van der Waals surface area (Å²) in [6.45, 7) is 9.79. The smallest absolute Gasteiger partial charge is 0.277 e. The quantitative estimate of drug-likeness (QED) is 0.755. The Bertz CT molecular complexity index is 395. The highest BCUT2D eigenvalue weighted by Gasteiger charge is 2.22. The van der Waals surface area contributed by atoms with Gasteiger partial charge in [0, 0.05) is 12.6 Å². The van der Waals surface area contributed by atoms with Crippen molar-refractivity contribution in [3.63, 3.8) is 0 Å². The maximum Gasteiger partial charge on any atom is 0.277 e. The van der Waals surface area contributed by atoms with Crippen LogP contribution in [0.4, 0.5) is 5.69 Å². The molecule has 5 nitrogen and oxygen atoms in total. The summed E-state index contributed by atoms with van der Waals surface area (Å²) in [5.41, 5.74) is 7.19. The van der Waals surface area contributed by atoms with Gasteiger partial charge in [0.1, 0.15) is 0 Å². The van der Waals surface area contributed by atoms with E-state index in [-0.39, 0.29) is 17.6 Å². The van der Waals surface area contributed by atoms with Crippen LogP contribution < -0.4 is 5.73 Å². The maximum absolute atomic E-state index is 12.1. The van der Waals surface area contributed by atoms with Gasteiger partial charge in [-0.25, -0.2) is 0 Å². The predicted octanol–water partition coefficient (Wildman–Crippen LogP) is 1.34. The van der Waals surface area contributed by atoms with Crippen LogP contribution in [0.2, 0.25) is 0 Å². The summed E-state index contributed by atoms with van der Waals surface area (Å²) >= 11 is 0. The van der Waals surface area contributed by atoms with Crippen molar-refractivity contribution < 1.29 is 4.79 Å². The lowest BCUT2D eigenvalue weighted by Gasteiger charge is -2.24. The molecule has 0 bridgehead atoms. The lowest BCUT2D eigenvalue weighted by atomic mass is 10.2. The minimum absolute atomic E-state index is 0.0851. The summed E-state index contributed by atoms with van der Waals surface area (Å²) in [4.78, 5) is 13.8. The van der Waals surface area contributed by atoms with E-state index in [4.69, 9.17) is 5.73 Å². The minimum atomic E-state index is -0.170. The predicted molar refractivity (Wildman–Crippen MR) is 64.1 cm³/mol. The van der Waals surface area contributed by atoms with Crippen molar-refractivity contribution in [3.8, 4) is 0 Å². The number of rotatable bonds is 4. The van der Waals surface area contributed by atoms with Crippen molar-refractivity contribution in [2.75, 3.05) is 12.3 Å². The third-order valence-electron chi connectivity index (χ3n) is 2.41. The number of anilines is 1. The van der Waals surface area contributed by atoms with Crippen molar-refractivity contribution in [1.82, 2.24) is 15.1 Å². The van der Waals surface area contributed by atoms with Crippen LogP contribution >= 0.6 is 0 Å². The highest BCUT2D eigenvalue weighted by molar-refractivity contribution is 5.97. The van der Waals surface area contributed by atoms with Crippen molar-refractivity contribution in [2.24, 2.45) is 0 Å². The van der Waals surface area contributed by atoms with Crippen LogP contribution in [0.3, 0.4) is 0 Å². The Morgan fingerprint density at radius 2 is 2.31 bits per heavy atom. The molecule has 3 N–H and O–H groups in total. The Hall–Kier alpha value is -1.78. The van der Waals surface area contributed by atoms with Gasteiger partial charge in [0.2, 0.25) is 0 Å². The van der Waals surface area contributed by atoms with Crippen LogP contribution in [0.5, 0.6) is 0 Å². The molecule has 1 heterocycles. The van der Waals surface area contributed by atoms with Gasteiger partial charge < -0.3 is 10.6 Å². The molecule has 0 spiro atoms. The number of hydrogen-bond donors (Lipinski definition) is 2. The molecule has 1 amide bonds. The molecular formula is C11H18N4O. The molecule has 0 saturated carbocycles. The number of nitrogens with zero attached hydrogens (tertiary/aromatic N) is 2. The van der Waals surface area contributed by atoms with Crippen LogP contribution in [0.25, 0.3) is 0 Å². The largest absolute Gasteiger partial charge is 0.395 e. The van der Waals surface area contributed by atoms with Crippen LogP contribution in [-0.4, -0.2) is 33.6 Å². The molecule has 88 valence electrons. The summed E-state index contributed by atoms with van der Waals surface area (Å²) in [6, 6.07) is 0.0851. The van der Waals surface area contributed by atoms with Crippen molar-refractivity contribution in [2.45, 2.75) is 26.8 Å². The Kier molecular flexibility index (Phi) is 3.71. The van der Waals surface area contributed by atoms with Gasteiger partial charge in [-0.05, 0) is 20.8 Å². The Morgan fingerprint density at radius 3 is 2.69 bits per heavy atom. The zero-order chi connectivity index (χ0) is 12.3. The first kappa shape index (κ1) is 12.3. The van der Waals surface area contributed by atoms with E-state index in [1.807, 2.05) is 13.8 Å². The number of nitrogens with two attached hydrogens (primary N) is 1. The van der Waals surface area contributed by atoms with E-state index in [9.17, 15) is 4.79 Å². The number of aromatic nitrogens is 2. The average Bonchev–Trinajstić information content (AvgIpc) is 2.55. The number of carbonyl (C=O) groups is 1. The van der Waals surface area contributed by atoms with Gasteiger partial charge in [0.15, 0.2) is 5.69 Å². The second-order valence-corrected chi connectivity index (χ2v) is 3.95. The van der Waals surface area contributed by atoms with Gasteiger partial charge in [-0.3, -0.25) is 9.89 Å². The second kappa shape index (κ2) is 4.83. The molecule has 0 unspecified atom stereocenters. The van der Waals surface area contributed by atoms with E-state index in [0.29, 0.717) is 17.9 Å². The number of nitrogen functional groups attached to an aromatic ring is 1. The summed E-state index contributed by atoms with van der Waals surface area (Å²) < 4.78 is 0. The van der Waals surface area contributed by atoms with Gasteiger partial charge in [0.25, 0.3) is 5.91 Å². The third kappa shape index (κ3) is 2.24. The number of H-pyrrole nitrogens is 1. The van der Waals surface area contributed by atoms with Gasteiger partial charge >= 0.3 is 0 Å². The van der Waals surface area contributed by atoms with Gasteiger partial charge in [-0.15, -0.1) is 6.58 Å². The molecule has 1 aromatic heterocycles. The molecule has 0 aliphatic rings. The van der Waals surface area contributed by atoms with Crippen LogP contribution in [0.1, 0.15) is 30.0 Å². The van der Waals surface area contributed by atoms with Gasteiger partial charge in [-0.2, -0.15) is 5.10 Å². The molecule has 0 atom stereocenters. The summed E-state index contributed by atoms with van der Waals surface area (Å²) in [5.74, 6) is -0.170. The fraction of sp³-hybridized carbons (Fsp3) is 0.455. The first-order chi connectivity index (χ1) is 7.49. The number of carbonyl (C=O) groups excluding carboxylic acids is 1. The third-order valence-corrected chi connectivity index (χ3v) is 2.41. The zero-order valence-electron chi connectivity index (χ0n) is 9.95. The molecule has 1 aromatic rings. The first-order valence-electron chi connectivity index (χ1n) is 5.21. The van der Waals surface area contributed by atoms with Crippen molar-refractivity contribution >= 4 is 11.6 Å². The van der Waals surface area contributed by atoms with Crippen molar-refractivity contribution in [3.05, 3.63) is 24.0 Å². The van der Waals surface area contributed by atoms with Gasteiger partial charge in [0.05, 0.1) is 11.4 Å². The van der Waals surface area contributed by atoms with Crippen molar-refractivity contribution in [1.29, 1.82) is 0 Å².